The summed E-state index contributed by atoms with van der Waals surface area (Å²) >= 11 is 3.13. The monoisotopic (exact) mass is 363 g/mol. The molecule has 0 amide bonds. The van der Waals surface area contributed by atoms with Crippen LogP contribution in [-0.4, -0.2) is 15.9 Å². The van der Waals surface area contributed by atoms with Gasteiger partial charge in [0.05, 0.1) is 24.3 Å². The van der Waals surface area contributed by atoms with Crippen LogP contribution in [0.25, 0.3) is 0 Å². The van der Waals surface area contributed by atoms with Gasteiger partial charge in [-0.2, -0.15) is 0 Å². The van der Waals surface area contributed by atoms with Gasteiger partial charge in [0.15, 0.2) is 5.75 Å². The Bertz CT molecular complexity index is 613. The lowest BCUT2D eigenvalue weighted by Crippen LogP contribution is -2.18. The molecule has 1 aromatic heterocycles. The van der Waals surface area contributed by atoms with Gasteiger partial charge >= 0.3 is 6.36 Å². The summed E-state index contributed by atoms with van der Waals surface area (Å²) in [7, 11) is 0. The number of nitrogens with one attached hydrogen (secondary N) is 1. The minimum Gasteiger partial charge on any atom is -0.404 e. The molecule has 0 radical (unpaired) electrons. The average molecular weight is 364 g/mol. The van der Waals surface area contributed by atoms with Crippen LogP contribution in [0.1, 0.15) is 12.6 Å². The summed E-state index contributed by atoms with van der Waals surface area (Å²) in [6.07, 6.45) is -1.40. The number of imidazole rings is 1. The Hall–Kier alpha value is -1.70. The minimum absolute atomic E-state index is 0.263. The van der Waals surface area contributed by atoms with Crippen LogP contribution in [0.2, 0.25) is 0 Å². The first kappa shape index (κ1) is 15.7. The lowest BCUT2D eigenvalue weighted by Gasteiger charge is -2.15. The van der Waals surface area contributed by atoms with Crippen molar-refractivity contribution >= 4 is 21.6 Å². The number of hydrogen-bond acceptors (Lipinski definition) is 3. The van der Waals surface area contributed by atoms with E-state index in [1.165, 1.54) is 12.1 Å². The zero-order chi connectivity index (χ0) is 15.5. The standard InChI is InChI=1S/C13H13BrF3N3O/c1-2-20-8-18-6-10(20)7-19-11-4-3-9(14)5-12(11)21-13(15,16)17/h3-6,8,19H,2,7H2,1H3. The highest BCUT2D eigenvalue weighted by Gasteiger charge is 2.32. The number of aromatic nitrogens is 2. The van der Waals surface area contributed by atoms with Crippen molar-refractivity contribution in [2.45, 2.75) is 26.4 Å². The highest BCUT2D eigenvalue weighted by Crippen LogP contribution is 2.33. The van der Waals surface area contributed by atoms with Crippen molar-refractivity contribution in [3.8, 4) is 5.75 Å². The molecule has 1 aromatic carbocycles. The molecule has 0 aliphatic carbocycles. The summed E-state index contributed by atoms with van der Waals surface area (Å²) in [5.41, 5.74) is 1.14. The number of rotatable bonds is 5. The Kier molecular flexibility index (Phi) is 4.76. The Balaban J connectivity index is 2.16. The molecule has 0 saturated carbocycles. The summed E-state index contributed by atoms with van der Waals surface area (Å²) < 4.78 is 43.6. The van der Waals surface area contributed by atoms with Crippen molar-refractivity contribution in [2.24, 2.45) is 0 Å². The fourth-order valence-electron chi connectivity index (χ4n) is 1.82. The van der Waals surface area contributed by atoms with Crippen LogP contribution in [0.5, 0.6) is 5.75 Å². The first-order valence-corrected chi connectivity index (χ1v) is 6.96. The summed E-state index contributed by atoms with van der Waals surface area (Å²) in [6, 6.07) is 4.44. The molecule has 0 aliphatic rings. The summed E-state index contributed by atoms with van der Waals surface area (Å²) in [5, 5.41) is 2.93. The van der Waals surface area contributed by atoms with Gasteiger partial charge < -0.3 is 14.6 Å². The van der Waals surface area contributed by atoms with E-state index < -0.39 is 6.36 Å². The van der Waals surface area contributed by atoms with Crippen LogP contribution >= 0.6 is 15.9 Å². The second-order valence-electron chi connectivity index (χ2n) is 4.21. The van der Waals surface area contributed by atoms with Crippen molar-refractivity contribution in [2.75, 3.05) is 5.32 Å². The van der Waals surface area contributed by atoms with Crippen molar-refractivity contribution in [1.82, 2.24) is 9.55 Å². The van der Waals surface area contributed by atoms with Gasteiger partial charge in [-0.25, -0.2) is 4.98 Å². The van der Waals surface area contributed by atoms with Gasteiger partial charge in [0.2, 0.25) is 0 Å². The Morgan fingerprint density at radius 2 is 2.14 bits per heavy atom. The third kappa shape index (κ3) is 4.38. The first-order chi connectivity index (χ1) is 9.89. The molecule has 2 aromatic rings. The second kappa shape index (κ2) is 6.38. The van der Waals surface area contributed by atoms with E-state index in [1.807, 2.05) is 11.5 Å². The predicted octanol–water partition coefficient (Wildman–Crippen LogP) is 4.18. The van der Waals surface area contributed by atoms with E-state index in [-0.39, 0.29) is 11.4 Å². The van der Waals surface area contributed by atoms with Gasteiger partial charge in [-0.1, -0.05) is 15.9 Å². The number of benzene rings is 1. The molecule has 0 atom stereocenters. The van der Waals surface area contributed by atoms with Crippen molar-refractivity contribution in [1.29, 1.82) is 0 Å². The molecule has 2 rings (SSSR count). The normalized spacial score (nSPS) is 11.5. The maximum absolute atomic E-state index is 12.4. The van der Waals surface area contributed by atoms with Crippen molar-refractivity contribution < 1.29 is 17.9 Å². The highest BCUT2D eigenvalue weighted by molar-refractivity contribution is 9.10. The van der Waals surface area contributed by atoms with Crippen LogP contribution in [0.15, 0.2) is 35.2 Å². The molecular formula is C13H13BrF3N3O. The first-order valence-electron chi connectivity index (χ1n) is 6.17. The predicted molar refractivity (Wildman–Crippen MR) is 76.1 cm³/mol. The molecular weight excluding hydrogens is 351 g/mol. The Morgan fingerprint density at radius 1 is 1.38 bits per heavy atom. The number of alkyl halides is 3. The third-order valence-corrected chi connectivity index (χ3v) is 3.26. The van der Waals surface area contributed by atoms with Crippen LogP contribution in [-0.2, 0) is 13.1 Å². The molecule has 4 nitrogen and oxygen atoms in total. The van der Waals surface area contributed by atoms with E-state index in [0.29, 0.717) is 11.0 Å². The molecule has 1 heterocycles. The number of halogens is 4. The Morgan fingerprint density at radius 3 is 2.81 bits per heavy atom. The minimum atomic E-state index is -4.73. The molecule has 0 fully saturated rings. The average Bonchev–Trinajstić information content (AvgIpc) is 2.83. The number of nitrogens with zero attached hydrogens (tertiary/aromatic N) is 2. The SMILES string of the molecule is CCn1cncc1CNc1ccc(Br)cc1OC(F)(F)F. The van der Waals surface area contributed by atoms with Gasteiger partial charge in [0.1, 0.15) is 0 Å². The summed E-state index contributed by atoms with van der Waals surface area (Å²) in [5.74, 6) is -0.278. The van der Waals surface area contributed by atoms with E-state index in [1.54, 1.807) is 18.6 Å². The summed E-state index contributed by atoms with van der Waals surface area (Å²) in [4.78, 5) is 4.01. The quantitative estimate of drug-likeness (QED) is 0.866. The van der Waals surface area contributed by atoms with E-state index in [9.17, 15) is 13.2 Å². The molecule has 114 valence electrons. The zero-order valence-corrected chi connectivity index (χ0v) is 12.7. The highest BCUT2D eigenvalue weighted by atomic mass is 79.9. The van der Waals surface area contributed by atoms with Crippen LogP contribution in [0.4, 0.5) is 18.9 Å². The molecule has 21 heavy (non-hydrogen) atoms. The van der Waals surface area contributed by atoms with Crippen molar-refractivity contribution in [3.05, 3.63) is 40.9 Å². The molecule has 0 spiro atoms. The molecule has 1 N–H and O–H groups in total. The van der Waals surface area contributed by atoms with Gasteiger partial charge in [-0.05, 0) is 25.1 Å². The van der Waals surface area contributed by atoms with Gasteiger partial charge in [0, 0.05) is 17.2 Å². The van der Waals surface area contributed by atoms with Gasteiger partial charge in [-0.3, -0.25) is 0 Å². The second-order valence-corrected chi connectivity index (χ2v) is 5.13. The molecule has 0 saturated heterocycles. The topological polar surface area (TPSA) is 39.1 Å². The van der Waals surface area contributed by atoms with E-state index in [2.05, 4.69) is 31.0 Å². The molecule has 0 unspecified atom stereocenters. The van der Waals surface area contributed by atoms with Gasteiger partial charge in [0.25, 0.3) is 0 Å². The number of ether oxygens (including phenoxy) is 1. The smallest absolute Gasteiger partial charge is 0.404 e. The van der Waals surface area contributed by atoms with Crippen LogP contribution in [0, 0.1) is 0 Å². The largest absolute Gasteiger partial charge is 0.573 e. The van der Waals surface area contributed by atoms with Crippen LogP contribution in [0.3, 0.4) is 0 Å². The lowest BCUT2D eigenvalue weighted by atomic mass is 10.3. The fraction of sp³-hybridized carbons (Fsp3) is 0.308. The number of anilines is 1. The van der Waals surface area contributed by atoms with Crippen LogP contribution < -0.4 is 10.1 Å². The third-order valence-electron chi connectivity index (χ3n) is 2.77. The lowest BCUT2D eigenvalue weighted by molar-refractivity contribution is -0.274. The maximum atomic E-state index is 12.4. The fourth-order valence-corrected chi connectivity index (χ4v) is 2.16. The maximum Gasteiger partial charge on any atom is 0.573 e. The number of aryl methyl sites for hydroxylation is 1. The van der Waals surface area contributed by atoms with Gasteiger partial charge in [-0.15, -0.1) is 13.2 Å². The molecule has 0 aliphatic heterocycles. The molecule has 0 bridgehead atoms. The van der Waals surface area contributed by atoms with E-state index >= 15 is 0 Å². The van der Waals surface area contributed by atoms with E-state index in [0.717, 1.165) is 12.2 Å². The molecule has 8 heteroatoms. The number of hydrogen-bond donors (Lipinski definition) is 1. The van der Waals surface area contributed by atoms with Crippen molar-refractivity contribution in [3.63, 3.8) is 0 Å². The van der Waals surface area contributed by atoms with E-state index in [4.69, 9.17) is 0 Å². The summed E-state index contributed by atoms with van der Waals surface area (Å²) in [6.45, 7) is 3.05. The zero-order valence-electron chi connectivity index (χ0n) is 11.1. The Labute approximate surface area is 128 Å².